The summed E-state index contributed by atoms with van der Waals surface area (Å²) in [4.78, 5) is 12.3. The summed E-state index contributed by atoms with van der Waals surface area (Å²) in [5.74, 6) is 0.170. The maximum absolute atomic E-state index is 12.3. The molecule has 2 N–H and O–H groups in total. The molecule has 0 saturated carbocycles. The van der Waals surface area contributed by atoms with Gasteiger partial charge in [0.1, 0.15) is 5.82 Å². The van der Waals surface area contributed by atoms with E-state index in [1.165, 1.54) is 4.68 Å². The first-order valence-electron chi connectivity index (χ1n) is 6.26. The van der Waals surface area contributed by atoms with E-state index in [1.807, 2.05) is 39.8 Å². The van der Waals surface area contributed by atoms with Gasteiger partial charge in [-0.15, -0.1) is 0 Å². The number of aromatic nitrogens is 2. The predicted molar refractivity (Wildman–Crippen MR) is 76.2 cm³/mol. The molecule has 0 aliphatic rings. The highest BCUT2D eigenvalue weighted by molar-refractivity contribution is 5.97. The van der Waals surface area contributed by atoms with Crippen LogP contribution in [0, 0.1) is 6.92 Å². The lowest BCUT2D eigenvalue weighted by Crippen LogP contribution is -2.18. The lowest BCUT2D eigenvalue weighted by Gasteiger charge is -2.13. The van der Waals surface area contributed by atoms with E-state index >= 15 is 0 Å². The van der Waals surface area contributed by atoms with Crippen molar-refractivity contribution in [1.29, 1.82) is 0 Å². The van der Waals surface area contributed by atoms with Gasteiger partial charge in [-0.2, -0.15) is 9.78 Å². The highest BCUT2D eigenvalue weighted by Crippen LogP contribution is 2.23. The van der Waals surface area contributed by atoms with Gasteiger partial charge in [0.05, 0.1) is 5.69 Å². The number of nitrogen functional groups attached to an aromatic ring is 1. The molecule has 1 heterocycles. The maximum atomic E-state index is 12.3. The number of carbonyl (C=O) groups is 1. The van der Waals surface area contributed by atoms with Crippen LogP contribution in [0.5, 0.6) is 0 Å². The first kappa shape index (κ1) is 13.3. The molecule has 0 aliphatic carbocycles. The van der Waals surface area contributed by atoms with Crippen LogP contribution in [0.1, 0.15) is 42.4 Å². The Kier molecular flexibility index (Phi) is 3.18. The fraction of sp³-hybridized carbons (Fsp3) is 0.333. The van der Waals surface area contributed by atoms with Gasteiger partial charge in [0.15, 0.2) is 0 Å². The number of benzene rings is 1. The van der Waals surface area contributed by atoms with E-state index in [9.17, 15) is 4.79 Å². The molecule has 100 valence electrons. The van der Waals surface area contributed by atoms with E-state index in [1.54, 1.807) is 18.2 Å². The van der Waals surface area contributed by atoms with Gasteiger partial charge in [0, 0.05) is 17.0 Å². The van der Waals surface area contributed by atoms with Crippen LogP contribution in [-0.2, 0) is 5.41 Å². The molecule has 2 aromatic rings. The molecule has 1 aromatic heterocycles. The average Bonchev–Trinajstić information content (AvgIpc) is 2.71. The summed E-state index contributed by atoms with van der Waals surface area (Å²) in [7, 11) is 0. The Morgan fingerprint density at radius 3 is 2.26 bits per heavy atom. The third kappa shape index (κ3) is 2.67. The van der Waals surface area contributed by atoms with Gasteiger partial charge in [-0.3, -0.25) is 4.79 Å². The number of nitrogens with two attached hydrogens (primary N) is 1. The first-order valence-corrected chi connectivity index (χ1v) is 6.26. The summed E-state index contributed by atoms with van der Waals surface area (Å²) in [6, 6.07) is 9.13. The van der Waals surface area contributed by atoms with Crippen molar-refractivity contribution >= 4 is 11.7 Å². The monoisotopic (exact) mass is 257 g/mol. The second-order valence-corrected chi connectivity index (χ2v) is 5.79. The van der Waals surface area contributed by atoms with E-state index in [4.69, 9.17) is 5.73 Å². The number of rotatable bonds is 1. The fourth-order valence-corrected chi connectivity index (χ4v) is 1.74. The zero-order chi connectivity index (χ0) is 14.2. The topological polar surface area (TPSA) is 60.9 Å². The lowest BCUT2D eigenvalue weighted by molar-refractivity contribution is 0.0947. The van der Waals surface area contributed by atoms with E-state index in [-0.39, 0.29) is 11.3 Å². The van der Waals surface area contributed by atoms with Crippen LogP contribution < -0.4 is 5.73 Å². The minimum Gasteiger partial charge on any atom is -0.383 e. The standard InChI is InChI=1S/C15H19N3O/c1-10-5-7-11(8-6-10)14(19)18-13(16)9-12(17-18)15(2,3)4/h5-9H,16H2,1-4H3. The smallest absolute Gasteiger partial charge is 0.280 e. The number of nitrogens with zero attached hydrogens (tertiary/aromatic N) is 2. The third-order valence-electron chi connectivity index (χ3n) is 3.00. The normalized spacial score (nSPS) is 11.6. The van der Waals surface area contributed by atoms with Crippen LogP contribution in [0.15, 0.2) is 30.3 Å². The van der Waals surface area contributed by atoms with Crippen molar-refractivity contribution in [1.82, 2.24) is 9.78 Å². The number of carbonyl (C=O) groups excluding carboxylic acids is 1. The second-order valence-electron chi connectivity index (χ2n) is 5.79. The summed E-state index contributed by atoms with van der Waals surface area (Å²) in [6.45, 7) is 8.09. The Bertz CT molecular complexity index is 603. The van der Waals surface area contributed by atoms with Crippen LogP contribution in [0.25, 0.3) is 0 Å². The average molecular weight is 257 g/mol. The van der Waals surface area contributed by atoms with Crippen LogP contribution in [-0.4, -0.2) is 15.7 Å². The highest BCUT2D eigenvalue weighted by atomic mass is 16.2. The number of aryl methyl sites for hydroxylation is 1. The van der Waals surface area contributed by atoms with Crippen molar-refractivity contribution in [2.45, 2.75) is 33.1 Å². The molecule has 0 aliphatic heterocycles. The molecular formula is C15H19N3O. The van der Waals surface area contributed by atoms with Crippen LogP contribution in [0.2, 0.25) is 0 Å². The molecule has 0 unspecified atom stereocenters. The summed E-state index contributed by atoms with van der Waals surface area (Å²) in [5, 5.41) is 4.32. The summed E-state index contributed by atoms with van der Waals surface area (Å²) in [6.07, 6.45) is 0. The molecule has 0 fully saturated rings. The van der Waals surface area contributed by atoms with Crippen molar-refractivity contribution in [3.05, 3.63) is 47.2 Å². The SMILES string of the molecule is Cc1ccc(C(=O)n2nc(C(C)(C)C)cc2N)cc1. The summed E-state index contributed by atoms with van der Waals surface area (Å²) >= 11 is 0. The molecule has 0 saturated heterocycles. The Labute approximate surface area is 113 Å². The number of anilines is 1. The quantitative estimate of drug-likeness (QED) is 0.854. The highest BCUT2D eigenvalue weighted by Gasteiger charge is 2.21. The Hall–Kier alpha value is -2.10. The Morgan fingerprint density at radius 2 is 1.79 bits per heavy atom. The Morgan fingerprint density at radius 1 is 1.21 bits per heavy atom. The van der Waals surface area contributed by atoms with Gasteiger partial charge >= 0.3 is 0 Å². The van der Waals surface area contributed by atoms with E-state index in [2.05, 4.69) is 5.10 Å². The van der Waals surface area contributed by atoms with Gasteiger partial charge in [-0.25, -0.2) is 0 Å². The maximum Gasteiger partial charge on any atom is 0.280 e. The molecule has 4 heteroatoms. The van der Waals surface area contributed by atoms with Crippen molar-refractivity contribution in [2.75, 3.05) is 5.73 Å². The Balaban J connectivity index is 2.39. The van der Waals surface area contributed by atoms with E-state index in [0.29, 0.717) is 11.4 Å². The largest absolute Gasteiger partial charge is 0.383 e. The molecule has 19 heavy (non-hydrogen) atoms. The zero-order valence-corrected chi connectivity index (χ0v) is 11.8. The minimum atomic E-state index is -0.201. The molecule has 0 radical (unpaired) electrons. The van der Waals surface area contributed by atoms with Crippen LogP contribution in [0.3, 0.4) is 0 Å². The molecule has 2 rings (SSSR count). The van der Waals surface area contributed by atoms with Crippen molar-refractivity contribution in [3.8, 4) is 0 Å². The summed E-state index contributed by atoms with van der Waals surface area (Å²) in [5.41, 5.74) is 8.26. The lowest BCUT2D eigenvalue weighted by atomic mass is 9.92. The van der Waals surface area contributed by atoms with Crippen LogP contribution >= 0.6 is 0 Å². The van der Waals surface area contributed by atoms with E-state index < -0.39 is 0 Å². The van der Waals surface area contributed by atoms with Gasteiger partial charge < -0.3 is 5.73 Å². The number of hydrogen-bond acceptors (Lipinski definition) is 3. The molecule has 0 spiro atoms. The molecule has 0 amide bonds. The van der Waals surface area contributed by atoms with Gasteiger partial charge in [0.25, 0.3) is 5.91 Å². The fourth-order valence-electron chi connectivity index (χ4n) is 1.74. The molecule has 0 bridgehead atoms. The third-order valence-corrected chi connectivity index (χ3v) is 3.00. The zero-order valence-electron chi connectivity index (χ0n) is 11.8. The molecule has 0 atom stereocenters. The van der Waals surface area contributed by atoms with Crippen molar-refractivity contribution < 1.29 is 4.79 Å². The molecule has 1 aromatic carbocycles. The van der Waals surface area contributed by atoms with E-state index in [0.717, 1.165) is 11.3 Å². The first-order chi connectivity index (χ1) is 8.79. The van der Waals surface area contributed by atoms with Gasteiger partial charge in [-0.1, -0.05) is 38.5 Å². The van der Waals surface area contributed by atoms with Crippen molar-refractivity contribution in [2.24, 2.45) is 0 Å². The van der Waals surface area contributed by atoms with Gasteiger partial charge in [0.2, 0.25) is 0 Å². The van der Waals surface area contributed by atoms with Crippen molar-refractivity contribution in [3.63, 3.8) is 0 Å². The predicted octanol–water partition coefficient (Wildman–Crippen LogP) is 2.76. The number of hydrogen-bond donors (Lipinski definition) is 1. The minimum absolute atomic E-state index is 0.132. The second kappa shape index (κ2) is 4.53. The van der Waals surface area contributed by atoms with Gasteiger partial charge in [-0.05, 0) is 19.1 Å². The summed E-state index contributed by atoms with van der Waals surface area (Å²) < 4.78 is 1.27. The molecule has 4 nitrogen and oxygen atoms in total. The molecular weight excluding hydrogens is 238 g/mol. The van der Waals surface area contributed by atoms with Crippen LogP contribution in [0.4, 0.5) is 5.82 Å².